The summed E-state index contributed by atoms with van der Waals surface area (Å²) in [4.78, 5) is 26.8. The molecule has 3 amide bonds. The first-order valence-electron chi connectivity index (χ1n) is 6.48. The molecule has 2 rings (SSSR count). The molecule has 3 N–H and O–H groups in total. The van der Waals surface area contributed by atoms with Crippen LogP contribution in [0.25, 0.3) is 11.4 Å². The van der Waals surface area contributed by atoms with Crippen molar-refractivity contribution in [3.8, 4) is 11.4 Å². The fourth-order valence-corrected chi connectivity index (χ4v) is 2.18. The molecule has 0 atom stereocenters. The quantitative estimate of drug-likeness (QED) is 0.725. The summed E-state index contributed by atoms with van der Waals surface area (Å²) >= 11 is 1.04. The van der Waals surface area contributed by atoms with Crippen molar-refractivity contribution < 1.29 is 14.0 Å². The van der Waals surface area contributed by atoms with E-state index in [2.05, 4.69) is 25.8 Å². The van der Waals surface area contributed by atoms with E-state index in [4.69, 9.17) is 0 Å². The first-order chi connectivity index (χ1) is 10.6. The number of aromatic amines is 1. The summed E-state index contributed by atoms with van der Waals surface area (Å²) in [5.74, 6) is -0.617. The van der Waals surface area contributed by atoms with Gasteiger partial charge in [0.15, 0.2) is 5.82 Å². The van der Waals surface area contributed by atoms with Gasteiger partial charge in [-0.25, -0.2) is 14.2 Å². The minimum Gasteiger partial charge on any atom is -0.338 e. The molecule has 7 nitrogen and oxygen atoms in total. The van der Waals surface area contributed by atoms with Gasteiger partial charge in [0.2, 0.25) is 11.1 Å². The number of halogens is 1. The Hall–Kier alpha value is -2.42. The Kier molecular flexibility index (Phi) is 5.48. The molecule has 0 saturated carbocycles. The van der Waals surface area contributed by atoms with Crippen LogP contribution in [0.3, 0.4) is 0 Å². The summed E-state index contributed by atoms with van der Waals surface area (Å²) in [6.45, 7) is 2.18. The second kappa shape index (κ2) is 7.55. The summed E-state index contributed by atoms with van der Waals surface area (Å²) in [5.41, 5.74) is 0.300. The maximum Gasteiger partial charge on any atom is 0.321 e. The maximum atomic E-state index is 13.6. The molecule has 0 fully saturated rings. The topological polar surface area (TPSA) is 99.8 Å². The summed E-state index contributed by atoms with van der Waals surface area (Å²) in [7, 11) is 0. The minimum absolute atomic E-state index is 0.0221. The van der Waals surface area contributed by atoms with Gasteiger partial charge in [0.25, 0.3) is 0 Å². The molecule has 0 unspecified atom stereocenters. The first-order valence-corrected chi connectivity index (χ1v) is 7.46. The fourth-order valence-electron chi connectivity index (χ4n) is 1.58. The lowest BCUT2D eigenvalue weighted by atomic mass is 10.2. The zero-order valence-corrected chi connectivity index (χ0v) is 12.5. The lowest BCUT2D eigenvalue weighted by Gasteiger charge is -2.02. The maximum absolute atomic E-state index is 13.6. The fraction of sp³-hybridized carbons (Fsp3) is 0.231. The summed E-state index contributed by atoms with van der Waals surface area (Å²) < 4.78 is 13.6. The number of carbonyl (C=O) groups is 2. The number of amides is 3. The second-order valence-electron chi connectivity index (χ2n) is 4.14. The molecule has 0 spiro atoms. The second-order valence-corrected chi connectivity index (χ2v) is 5.09. The summed E-state index contributed by atoms with van der Waals surface area (Å²) in [5, 5.41) is 11.4. The molecule has 22 heavy (non-hydrogen) atoms. The molecule has 1 heterocycles. The number of aromatic nitrogens is 3. The zero-order valence-electron chi connectivity index (χ0n) is 11.7. The van der Waals surface area contributed by atoms with E-state index in [1.54, 1.807) is 25.1 Å². The number of nitrogens with zero attached hydrogens (tertiary/aromatic N) is 2. The molecule has 0 aliphatic rings. The van der Waals surface area contributed by atoms with Crippen molar-refractivity contribution in [3.63, 3.8) is 0 Å². The van der Waals surface area contributed by atoms with Crippen LogP contribution in [0.15, 0.2) is 29.4 Å². The van der Waals surface area contributed by atoms with Crippen LogP contribution in [-0.4, -0.2) is 39.4 Å². The molecule has 0 saturated heterocycles. The van der Waals surface area contributed by atoms with E-state index in [-0.39, 0.29) is 11.6 Å². The highest BCUT2D eigenvalue weighted by atomic mass is 32.2. The number of urea groups is 1. The smallest absolute Gasteiger partial charge is 0.321 e. The average Bonchev–Trinajstić information content (AvgIpc) is 2.94. The first kappa shape index (κ1) is 16.0. The number of imide groups is 1. The molecule has 0 aliphatic heterocycles. The van der Waals surface area contributed by atoms with Crippen LogP contribution in [0.5, 0.6) is 0 Å². The van der Waals surface area contributed by atoms with Gasteiger partial charge in [-0.3, -0.25) is 15.2 Å². The normalized spacial score (nSPS) is 10.3. The van der Waals surface area contributed by atoms with E-state index in [1.807, 2.05) is 0 Å². The predicted octanol–water partition coefficient (Wildman–Crippen LogP) is 1.55. The molecule has 116 valence electrons. The molecular formula is C13H14FN5O2S. The number of carbonyl (C=O) groups excluding carboxylic acids is 2. The van der Waals surface area contributed by atoms with E-state index in [1.165, 1.54) is 6.07 Å². The SMILES string of the molecule is CCNC(=O)NC(=O)CSc1n[nH]c(-c2ccccc2F)n1. The van der Waals surface area contributed by atoms with Gasteiger partial charge in [0, 0.05) is 6.54 Å². The Bertz CT molecular complexity index is 676. The Morgan fingerprint density at radius 1 is 1.36 bits per heavy atom. The van der Waals surface area contributed by atoms with Gasteiger partial charge in [-0.2, -0.15) is 0 Å². The lowest BCUT2D eigenvalue weighted by molar-refractivity contribution is -0.117. The largest absolute Gasteiger partial charge is 0.338 e. The van der Waals surface area contributed by atoms with Crippen LogP contribution >= 0.6 is 11.8 Å². The molecule has 1 aromatic carbocycles. The van der Waals surface area contributed by atoms with Gasteiger partial charge < -0.3 is 5.32 Å². The number of thioether (sulfide) groups is 1. The molecule has 1 aromatic heterocycles. The summed E-state index contributed by atoms with van der Waals surface area (Å²) in [6, 6.07) is 5.62. The number of hydrogen-bond acceptors (Lipinski definition) is 5. The predicted molar refractivity (Wildman–Crippen MR) is 79.7 cm³/mol. The molecule has 9 heteroatoms. The Morgan fingerprint density at radius 2 is 2.14 bits per heavy atom. The zero-order chi connectivity index (χ0) is 15.9. The monoisotopic (exact) mass is 323 g/mol. The van der Waals surface area contributed by atoms with Crippen molar-refractivity contribution in [1.29, 1.82) is 0 Å². The Morgan fingerprint density at radius 3 is 2.86 bits per heavy atom. The van der Waals surface area contributed by atoms with Crippen molar-refractivity contribution in [2.75, 3.05) is 12.3 Å². The highest BCUT2D eigenvalue weighted by Crippen LogP contribution is 2.21. The van der Waals surface area contributed by atoms with Gasteiger partial charge in [-0.1, -0.05) is 23.9 Å². The molecule has 0 radical (unpaired) electrons. The van der Waals surface area contributed by atoms with E-state index >= 15 is 0 Å². The highest BCUT2D eigenvalue weighted by Gasteiger charge is 2.12. The van der Waals surface area contributed by atoms with Crippen LogP contribution < -0.4 is 10.6 Å². The molecular weight excluding hydrogens is 309 g/mol. The van der Waals surface area contributed by atoms with Crippen LogP contribution in [0.1, 0.15) is 6.92 Å². The standard InChI is InChI=1S/C13H14FN5O2S/c1-2-15-12(21)16-10(20)7-22-13-17-11(18-19-13)8-5-3-4-6-9(8)14/h3-6H,2,7H2,1H3,(H,17,18,19)(H2,15,16,20,21). The number of H-pyrrole nitrogens is 1. The van der Waals surface area contributed by atoms with Crippen molar-refractivity contribution in [3.05, 3.63) is 30.1 Å². The summed E-state index contributed by atoms with van der Waals surface area (Å²) in [6.07, 6.45) is 0. The van der Waals surface area contributed by atoms with Gasteiger partial charge >= 0.3 is 6.03 Å². The van der Waals surface area contributed by atoms with Crippen LogP contribution in [0, 0.1) is 5.82 Å². The number of rotatable bonds is 5. The van der Waals surface area contributed by atoms with E-state index < -0.39 is 17.8 Å². The Balaban J connectivity index is 1.92. The van der Waals surface area contributed by atoms with Crippen molar-refractivity contribution >= 4 is 23.7 Å². The van der Waals surface area contributed by atoms with Crippen LogP contribution in [0.2, 0.25) is 0 Å². The van der Waals surface area contributed by atoms with Crippen LogP contribution in [0.4, 0.5) is 9.18 Å². The van der Waals surface area contributed by atoms with E-state index in [9.17, 15) is 14.0 Å². The molecule has 2 aromatic rings. The number of hydrogen-bond donors (Lipinski definition) is 3. The number of nitrogens with one attached hydrogen (secondary N) is 3. The number of benzene rings is 1. The molecule has 0 bridgehead atoms. The minimum atomic E-state index is -0.546. The third-order valence-electron chi connectivity index (χ3n) is 2.52. The Labute approximate surface area is 130 Å². The van der Waals surface area contributed by atoms with Crippen molar-refractivity contribution in [2.24, 2.45) is 0 Å². The van der Waals surface area contributed by atoms with E-state index in [0.717, 1.165) is 11.8 Å². The van der Waals surface area contributed by atoms with Gasteiger partial charge in [0.1, 0.15) is 5.82 Å². The lowest BCUT2D eigenvalue weighted by Crippen LogP contribution is -2.40. The van der Waals surface area contributed by atoms with Crippen LogP contribution in [-0.2, 0) is 4.79 Å². The van der Waals surface area contributed by atoms with E-state index in [0.29, 0.717) is 17.3 Å². The van der Waals surface area contributed by atoms with Gasteiger partial charge in [-0.15, -0.1) is 5.10 Å². The third kappa shape index (κ3) is 4.29. The molecule has 0 aliphatic carbocycles. The third-order valence-corrected chi connectivity index (χ3v) is 3.36. The van der Waals surface area contributed by atoms with Crippen molar-refractivity contribution in [1.82, 2.24) is 25.8 Å². The van der Waals surface area contributed by atoms with Gasteiger partial charge in [-0.05, 0) is 19.1 Å². The van der Waals surface area contributed by atoms with Crippen molar-refractivity contribution in [2.45, 2.75) is 12.1 Å². The highest BCUT2D eigenvalue weighted by molar-refractivity contribution is 7.99. The average molecular weight is 323 g/mol. The van der Waals surface area contributed by atoms with Gasteiger partial charge in [0.05, 0.1) is 11.3 Å².